The van der Waals surface area contributed by atoms with Crippen molar-refractivity contribution in [2.45, 2.75) is 18.5 Å². The van der Waals surface area contributed by atoms with Crippen LogP contribution in [0.25, 0.3) is 0 Å². The van der Waals surface area contributed by atoms with Gasteiger partial charge in [-0.1, -0.05) is 0 Å². The number of sulfonamides is 1. The lowest BCUT2D eigenvalue weighted by atomic mass is 10.4. The normalized spacial score (nSPS) is 15.0. The highest BCUT2D eigenvalue weighted by molar-refractivity contribution is 9.10. The van der Waals surface area contributed by atoms with Gasteiger partial charge in [0.15, 0.2) is 10.8 Å². The van der Waals surface area contributed by atoms with Gasteiger partial charge in [0.2, 0.25) is 0 Å². The summed E-state index contributed by atoms with van der Waals surface area (Å²) < 4.78 is 30.6. The summed E-state index contributed by atoms with van der Waals surface area (Å²) in [5.74, 6) is 0.570. The zero-order chi connectivity index (χ0) is 13.8. The average Bonchev–Trinajstić information content (AvgIpc) is 2.97. The Morgan fingerprint density at radius 2 is 2.00 bits per heavy atom. The Morgan fingerprint density at radius 3 is 2.63 bits per heavy atom. The third-order valence-corrected chi connectivity index (χ3v) is 5.68. The number of hydrogen-bond acceptors (Lipinski definition) is 4. The van der Waals surface area contributed by atoms with Crippen LogP contribution in [0.5, 0.6) is 0 Å². The summed E-state index contributed by atoms with van der Waals surface area (Å²) in [7, 11) is -1.99. The van der Waals surface area contributed by atoms with Gasteiger partial charge in [0.05, 0.1) is 30.0 Å². The summed E-state index contributed by atoms with van der Waals surface area (Å²) in [6.45, 7) is 2.67. The molecule has 19 heavy (non-hydrogen) atoms. The van der Waals surface area contributed by atoms with Crippen molar-refractivity contribution in [3.63, 3.8) is 0 Å². The highest BCUT2D eigenvalue weighted by Crippen LogP contribution is 2.34. The van der Waals surface area contributed by atoms with E-state index in [4.69, 9.17) is 0 Å². The van der Waals surface area contributed by atoms with Gasteiger partial charge in [0.25, 0.3) is 10.0 Å². The van der Waals surface area contributed by atoms with Crippen LogP contribution in [0.15, 0.2) is 21.9 Å². The fourth-order valence-corrected chi connectivity index (χ4v) is 4.72. The van der Waals surface area contributed by atoms with E-state index in [0.717, 1.165) is 0 Å². The summed E-state index contributed by atoms with van der Waals surface area (Å²) in [5.41, 5.74) is 0.636. The van der Waals surface area contributed by atoms with Crippen LogP contribution in [0.2, 0.25) is 0 Å². The zero-order valence-electron chi connectivity index (χ0n) is 10.4. The zero-order valence-corrected chi connectivity index (χ0v) is 12.8. The third kappa shape index (κ3) is 1.71. The van der Waals surface area contributed by atoms with Crippen molar-refractivity contribution in [2.75, 3.05) is 10.8 Å². The molecule has 3 heterocycles. The molecule has 0 N–H and O–H groups in total. The molecule has 3 rings (SSSR count). The van der Waals surface area contributed by atoms with Gasteiger partial charge in [-0.05, 0) is 22.9 Å². The topological polar surface area (TPSA) is 73.0 Å². The molecule has 0 fully saturated rings. The Hall–Kier alpha value is -1.35. The number of hydrogen-bond donors (Lipinski definition) is 0. The molecule has 0 bridgehead atoms. The molecule has 0 saturated carbocycles. The maximum absolute atomic E-state index is 12.8. The number of aromatic nitrogens is 4. The number of anilines is 1. The SMILES string of the molecule is Cc1cnn(C)c1S(=O)(=O)N1CCn2ncc(Br)c21. The molecular weight excluding hydrogens is 334 g/mol. The molecule has 7 nitrogen and oxygen atoms in total. The van der Waals surface area contributed by atoms with Crippen LogP contribution in [0.4, 0.5) is 5.82 Å². The van der Waals surface area contributed by atoms with Crippen LogP contribution < -0.4 is 4.31 Å². The van der Waals surface area contributed by atoms with Crippen LogP contribution in [0.3, 0.4) is 0 Å². The molecule has 1 aliphatic rings. The van der Waals surface area contributed by atoms with E-state index in [0.29, 0.717) is 28.9 Å². The second-order valence-electron chi connectivity index (χ2n) is 4.37. The average molecular weight is 346 g/mol. The molecule has 9 heteroatoms. The molecule has 0 spiro atoms. The van der Waals surface area contributed by atoms with Crippen LogP contribution in [0, 0.1) is 6.92 Å². The van der Waals surface area contributed by atoms with E-state index in [1.165, 1.54) is 8.99 Å². The molecule has 0 aliphatic carbocycles. The Balaban J connectivity index is 2.16. The Morgan fingerprint density at radius 1 is 1.26 bits per heavy atom. The van der Waals surface area contributed by atoms with Gasteiger partial charge in [-0.2, -0.15) is 18.6 Å². The molecule has 1 aliphatic heterocycles. The van der Waals surface area contributed by atoms with Gasteiger partial charge >= 0.3 is 0 Å². The van der Waals surface area contributed by atoms with Gasteiger partial charge in [-0.3, -0.25) is 4.68 Å². The number of rotatable bonds is 2. The quantitative estimate of drug-likeness (QED) is 0.810. The first kappa shape index (κ1) is 12.7. The lowest BCUT2D eigenvalue weighted by Crippen LogP contribution is -2.31. The lowest BCUT2D eigenvalue weighted by molar-refractivity contribution is 0.572. The molecule has 0 amide bonds. The second-order valence-corrected chi connectivity index (χ2v) is 7.00. The van der Waals surface area contributed by atoms with Gasteiger partial charge in [-0.15, -0.1) is 0 Å². The van der Waals surface area contributed by atoms with Crippen LogP contribution in [-0.2, 0) is 23.6 Å². The molecule has 102 valence electrons. The summed E-state index contributed by atoms with van der Waals surface area (Å²) in [6.07, 6.45) is 3.16. The van der Waals surface area contributed by atoms with Crippen molar-refractivity contribution in [2.24, 2.45) is 7.05 Å². The predicted octanol–water partition coefficient (Wildman–Crippen LogP) is 0.896. The Bertz CT molecular complexity index is 729. The summed E-state index contributed by atoms with van der Waals surface area (Å²) in [5, 5.41) is 8.34. The van der Waals surface area contributed by atoms with Crippen molar-refractivity contribution in [3.8, 4) is 0 Å². The fourth-order valence-electron chi connectivity index (χ4n) is 2.30. The predicted molar refractivity (Wildman–Crippen MR) is 72.4 cm³/mol. The first-order valence-electron chi connectivity index (χ1n) is 5.65. The minimum absolute atomic E-state index is 0.217. The Kier molecular flexibility index (Phi) is 2.72. The molecule has 0 radical (unpaired) electrons. The van der Waals surface area contributed by atoms with Gasteiger partial charge in [0, 0.05) is 12.6 Å². The van der Waals surface area contributed by atoms with Crippen LogP contribution >= 0.6 is 15.9 Å². The number of halogens is 1. The van der Waals surface area contributed by atoms with Crippen molar-refractivity contribution in [1.82, 2.24) is 19.6 Å². The van der Waals surface area contributed by atoms with E-state index >= 15 is 0 Å². The van der Waals surface area contributed by atoms with E-state index in [1.807, 2.05) is 0 Å². The maximum Gasteiger partial charge on any atom is 0.283 e. The van der Waals surface area contributed by atoms with E-state index in [-0.39, 0.29) is 5.03 Å². The van der Waals surface area contributed by atoms with E-state index in [2.05, 4.69) is 26.1 Å². The molecule has 0 unspecified atom stereocenters. The second kappa shape index (κ2) is 4.07. The molecular formula is C10H12BrN5O2S. The summed E-state index contributed by atoms with van der Waals surface area (Å²) in [6, 6.07) is 0. The van der Waals surface area contributed by atoms with Gasteiger partial charge < -0.3 is 0 Å². The van der Waals surface area contributed by atoms with E-state index < -0.39 is 10.0 Å². The number of aryl methyl sites for hydroxylation is 2. The van der Waals surface area contributed by atoms with Crippen molar-refractivity contribution in [3.05, 3.63) is 22.4 Å². The Labute approximate surface area is 119 Å². The molecule has 2 aromatic rings. The third-order valence-electron chi connectivity index (χ3n) is 3.11. The molecule has 0 saturated heterocycles. The van der Waals surface area contributed by atoms with E-state index in [9.17, 15) is 8.42 Å². The number of nitrogens with zero attached hydrogens (tertiary/aromatic N) is 5. The van der Waals surface area contributed by atoms with E-state index in [1.54, 1.807) is 31.0 Å². The van der Waals surface area contributed by atoms with Crippen molar-refractivity contribution >= 4 is 31.8 Å². The lowest BCUT2D eigenvalue weighted by Gasteiger charge is -2.18. The van der Waals surface area contributed by atoms with Gasteiger partial charge in [0.1, 0.15) is 0 Å². The fraction of sp³-hybridized carbons (Fsp3) is 0.400. The summed E-state index contributed by atoms with van der Waals surface area (Å²) >= 11 is 3.34. The minimum atomic E-state index is -3.62. The van der Waals surface area contributed by atoms with Crippen molar-refractivity contribution < 1.29 is 8.42 Å². The standard InChI is InChI=1S/C10H12BrN5O2S/c1-7-5-12-14(2)10(7)19(17,18)16-4-3-15-9(16)8(11)6-13-15/h5-6H,3-4H2,1-2H3. The number of fused-ring (bicyclic) bond motifs is 1. The maximum atomic E-state index is 12.8. The molecule has 2 aromatic heterocycles. The summed E-state index contributed by atoms with van der Waals surface area (Å²) in [4.78, 5) is 0. The highest BCUT2D eigenvalue weighted by atomic mass is 79.9. The highest BCUT2D eigenvalue weighted by Gasteiger charge is 2.36. The first-order chi connectivity index (χ1) is 8.93. The largest absolute Gasteiger partial charge is 0.283 e. The van der Waals surface area contributed by atoms with Crippen molar-refractivity contribution in [1.29, 1.82) is 0 Å². The molecule has 0 aromatic carbocycles. The minimum Gasteiger partial charge on any atom is -0.255 e. The van der Waals surface area contributed by atoms with Crippen LogP contribution in [-0.4, -0.2) is 34.5 Å². The smallest absolute Gasteiger partial charge is 0.255 e. The van der Waals surface area contributed by atoms with Crippen LogP contribution in [0.1, 0.15) is 5.56 Å². The molecule has 0 atom stereocenters. The monoisotopic (exact) mass is 345 g/mol. The van der Waals surface area contributed by atoms with Gasteiger partial charge in [-0.25, -0.2) is 8.99 Å². The first-order valence-corrected chi connectivity index (χ1v) is 7.89.